The normalized spacial score (nSPS) is 11.1. The van der Waals surface area contributed by atoms with E-state index in [1.54, 1.807) is 26.0 Å². The number of carbonyl (C=O) groups excluding carboxylic acids is 1. The van der Waals surface area contributed by atoms with Crippen molar-refractivity contribution in [3.05, 3.63) is 24.3 Å². The van der Waals surface area contributed by atoms with Gasteiger partial charge in [0.2, 0.25) is 5.91 Å². The lowest BCUT2D eigenvalue weighted by molar-refractivity contribution is -0.125. The lowest BCUT2D eigenvalue weighted by Crippen LogP contribution is -2.37. The fourth-order valence-electron chi connectivity index (χ4n) is 1.01. The van der Waals surface area contributed by atoms with Crippen molar-refractivity contribution < 1.29 is 4.79 Å². The fourth-order valence-corrected chi connectivity index (χ4v) is 1.01. The zero-order valence-corrected chi connectivity index (χ0v) is 9.08. The molecule has 0 saturated heterocycles. The first kappa shape index (κ1) is 11.4. The number of rotatable bonds is 4. The minimum atomic E-state index is -0.554. The van der Waals surface area contributed by atoms with Crippen LogP contribution in [-0.2, 0) is 4.79 Å². The van der Waals surface area contributed by atoms with Crippen LogP contribution in [0.25, 0.3) is 0 Å². The van der Waals surface area contributed by atoms with Crippen LogP contribution in [0, 0.1) is 5.41 Å². The van der Waals surface area contributed by atoms with Gasteiger partial charge < -0.3 is 16.8 Å². The molecule has 1 aromatic carbocycles. The van der Waals surface area contributed by atoms with Crippen LogP contribution >= 0.6 is 0 Å². The quantitative estimate of drug-likeness (QED) is 0.649. The average molecular weight is 207 g/mol. The van der Waals surface area contributed by atoms with E-state index in [1.807, 2.05) is 12.1 Å². The second kappa shape index (κ2) is 4.21. The maximum atomic E-state index is 11.1. The Morgan fingerprint density at radius 2 is 1.87 bits per heavy atom. The predicted molar refractivity (Wildman–Crippen MR) is 62.3 cm³/mol. The molecule has 0 aliphatic carbocycles. The molecule has 0 unspecified atom stereocenters. The van der Waals surface area contributed by atoms with Gasteiger partial charge in [-0.2, -0.15) is 0 Å². The molecule has 0 aromatic heterocycles. The lowest BCUT2D eigenvalue weighted by Gasteiger charge is -2.21. The van der Waals surface area contributed by atoms with Gasteiger partial charge in [0.25, 0.3) is 0 Å². The van der Waals surface area contributed by atoms with Crippen molar-refractivity contribution in [3.63, 3.8) is 0 Å². The Kier molecular flexibility index (Phi) is 3.19. The van der Waals surface area contributed by atoms with Crippen molar-refractivity contribution in [2.75, 3.05) is 17.6 Å². The van der Waals surface area contributed by atoms with E-state index in [-0.39, 0.29) is 5.91 Å². The number of primary amides is 1. The summed E-state index contributed by atoms with van der Waals surface area (Å²) in [6.07, 6.45) is 0. The molecule has 0 spiro atoms. The highest BCUT2D eigenvalue weighted by Gasteiger charge is 2.24. The smallest absolute Gasteiger partial charge is 0.224 e. The van der Waals surface area contributed by atoms with E-state index in [2.05, 4.69) is 5.32 Å². The third-order valence-electron chi connectivity index (χ3n) is 2.31. The van der Waals surface area contributed by atoms with Crippen LogP contribution in [0.4, 0.5) is 11.4 Å². The Hall–Kier alpha value is -1.71. The number of amides is 1. The SMILES string of the molecule is CC(C)(CNc1ccc(N)cc1)C(N)=O. The van der Waals surface area contributed by atoms with Crippen LogP contribution < -0.4 is 16.8 Å². The van der Waals surface area contributed by atoms with Crippen LogP contribution in [0.3, 0.4) is 0 Å². The molecule has 15 heavy (non-hydrogen) atoms. The maximum absolute atomic E-state index is 11.1. The Morgan fingerprint density at radius 1 is 1.33 bits per heavy atom. The van der Waals surface area contributed by atoms with Gasteiger partial charge in [-0.15, -0.1) is 0 Å². The number of nitrogens with one attached hydrogen (secondary N) is 1. The maximum Gasteiger partial charge on any atom is 0.224 e. The van der Waals surface area contributed by atoms with E-state index < -0.39 is 5.41 Å². The molecule has 0 aliphatic heterocycles. The number of benzene rings is 1. The first-order chi connectivity index (χ1) is 6.92. The van der Waals surface area contributed by atoms with Gasteiger partial charge in [-0.3, -0.25) is 4.79 Å². The molecule has 0 heterocycles. The molecule has 5 N–H and O–H groups in total. The van der Waals surface area contributed by atoms with E-state index in [1.165, 1.54) is 0 Å². The van der Waals surface area contributed by atoms with Gasteiger partial charge in [0.1, 0.15) is 0 Å². The van der Waals surface area contributed by atoms with E-state index in [0.717, 1.165) is 11.4 Å². The summed E-state index contributed by atoms with van der Waals surface area (Å²) >= 11 is 0. The summed E-state index contributed by atoms with van der Waals surface area (Å²) in [5.74, 6) is -0.314. The van der Waals surface area contributed by atoms with E-state index in [0.29, 0.717) is 6.54 Å². The molecular formula is C11H17N3O. The highest BCUT2D eigenvalue weighted by atomic mass is 16.1. The largest absolute Gasteiger partial charge is 0.399 e. The van der Waals surface area contributed by atoms with Gasteiger partial charge in [0, 0.05) is 17.9 Å². The van der Waals surface area contributed by atoms with Gasteiger partial charge in [0.15, 0.2) is 0 Å². The molecule has 4 heteroatoms. The minimum Gasteiger partial charge on any atom is -0.399 e. The van der Waals surface area contributed by atoms with Gasteiger partial charge in [-0.05, 0) is 38.1 Å². The Morgan fingerprint density at radius 3 is 2.33 bits per heavy atom. The topological polar surface area (TPSA) is 81.1 Å². The summed E-state index contributed by atoms with van der Waals surface area (Å²) in [6.45, 7) is 4.12. The van der Waals surface area contributed by atoms with Crippen LogP contribution in [0.2, 0.25) is 0 Å². The van der Waals surface area contributed by atoms with Crippen molar-refractivity contribution in [1.29, 1.82) is 0 Å². The Balaban J connectivity index is 2.57. The second-order valence-electron chi connectivity index (χ2n) is 4.22. The predicted octanol–water partition coefficient (Wildman–Crippen LogP) is 1.19. The summed E-state index contributed by atoms with van der Waals surface area (Å²) in [5, 5.41) is 3.14. The molecular weight excluding hydrogens is 190 g/mol. The number of anilines is 2. The summed E-state index contributed by atoms with van der Waals surface area (Å²) in [6, 6.07) is 7.35. The standard InChI is InChI=1S/C11H17N3O/c1-11(2,10(13)15)7-14-9-5-3-8(12)4-6-9/h3-6,14H,7,12H2,1-2H3,(H2,13,15). The number of nitrogen functional groups attached to an aromatic ring is 1. The molecule has 0 radical (unpaired) electrons. The molecule has 0 atom stereocenters. The first-order valence-electron chi connectivity index (χ1n) is 4.81. The number of nitrogens with two attached hydrogens (primary N) is 2. The lowest BCUT2D eigenvalue weighted by atomic mass is 9.93. The molecule has 0 aliphatic rings. The van der Waals surface area contributed by atoms with Crippen molar-refractivity contribution in [2.45, 2.75) is 13.8 Å². The van der Waals surface area contributed by atoms with Gasteiger partial charge in [-0.1, -0.05) is 0 Å². The monoisotopic (exact) mass is 207 g/mol. The molecule has 4 nitrogen and oxygen atoms in total. The van der Waals surface area contributed by atoms with Gasteiger partial charge >= 0.3 is 0 Å². The van der Waals surface area contributed by atoms with E-state index in [4.69, 9.17) is 11.5 Å². The van der Waals surface area contributed by atoms with Crippen LogP contribution in [0.5, 0.6) is 0 Å². The van der Waals surface area contributed by atoms with E-state index >= 15 is 0 Å². The average Bonchev–Trinajstić information content (AvgIpc) is 2.17. The van der Waals surface area contributed by atoms with Crippen LogP contribution in [-0.4, -0.2) is 12.5 Å². The van der Waals surface area contributed by atoms with Gasteiger partial charge in [-0.25, -0.2) is 0 Å². The molecule has 0 saturated carbocycles. The summed E-state index contributed by atoms with van der Waals surface area (Å²) in [4.78, 5) is 11.1. The zero-order chi connectivity index (χ0) is 11.5. The number of carbonyl (C=O) groups is 1. The number of hydrogen-bond acceptors (Lipinski definition) is 3. The molecule has 0 bridgehead atoms. The summed E-state index contributed by atoms with van der Waals surface area (Å²) in [7, 11) is 0. The van der Waals surface area contributed by atoms with Crippen LogP contribution in [0.15, 0.2) is 24.3 Å². The molecule has 0 fully saturated rings. The zero-order valence-electron chi connectivity index (χ0n) is 9.08. The minimum absolute atomic E-state index is 0.314. The van der Waals surface area contributed by atoms with Crippen molar-refractivity contribution >= 4 is 17.3 Å². The summed E-state index contributed by atoms with van der Waals surface area (Å²) in [5.41, 5.74) is 11.9. The molecule has 1 aromatic rings. The van der Waals surface area contributed by atoms with Crippen molar-refractivity contribution in [2.24, 2.45) is 11.1 Å². The fraction of sp³-hybridized carbons (Fsp3) is 0.364. The summed E-state index contributed by atoms with van der Waals surface area (Å²) < 4.78 is 0. The second-order valence-corrected chi connectivity index (χ2v) is 4.22. The molecule has 82 valence electrons. The van der Waals surface area contributed by atoms with Gasteiger partial charge in [0.05, 0.1) is 5.41 Å². The molecule has 1 amide bonds. The van der Waals surface area contributed by atoms with Crippen molar-refractivity contribution in [3.8, 4) is 0 Å². The third-order valence-corrected chi connectivity index (χ3v) is 2.31. The highest BCUT2D eigenvalue weighted by Crippen LogP contribution is 2.17. The Bertz CT molecular complexity index is 343. The van der Waals surface area contributed by atoms with E-state index in [9.17, 15) is 4.79 Å². The Labute approximate surface area is 89.6 Å². The van der Waals surface area contributed by atoms with Crippen molar-refractivity contribution in [1.82, 2.24) is 0 Å². The number of hydrogen-bond donors (Lipinski definition) is 3. The highest BCUT2D eigenvalue weighted by molar-refractivity contribution is 5.80. The van der Waals surface area contributed by atoms with Crippen LogP contribution in [0.1, 0.15) is 13.8 Å². The third kappa shape index (κ3) is 3.16. The first-order valence-corrected chi connectivity index (χ1v) is 4.81. The molecule has 1 rings (SSSR count).